The summed E-state index contributed by atoms with van der Waals surface area (Å²) >= 11 is 1.10. The van der Waals surface area contributed by atoms with Gasteiger partial charge in [-0.2, -0.15) is 4.99 Å². The molecule has 28 heavy (non-hydrogen) atoms. The summed E-state index contributed by atoms with van der Waals surface area (Å²) in [5.41, 5.74) is 0.513. The zero-order chi connectivity index (χ0) is 20.5. The summed E-state index contributed by atoms with van der Waals surface area (Å²) in [6.45, 7) is 4.00. The Bertz CT molecular complexity index is 1290. The van der Waals surface area contributed by atoms with Crippen LogP contribution in [0.4, 0.5) is 5.69 Å². The minimum atomic E-state index is -3.87. The van der Waals surface area contributed by atoms with Crippen molar-refractivity contribution in [1.82, 2.24) is 4.57 Å². The molecule has 0 aliphatic rings. The van der Waals surface area contributed by atoms with Crippen LogP contribution >= 0.6 is 11.3 Å². The molecule has 0 saturated heterocycles. The first-order valence-corrected chi connectivity index (χ1v) is 10.2. The van der Waals surface area contributed by atoms with Gasteiger partial charge in [0.05, 0.1) is 20.0 Å². The number of thiazole rings is 1. The lowest BCUT2D eigenvalue weighted by Gasteiger charge is -2.02. The zero-order valence-electron chi connectivity index (χ0n) is 14.3. The second kappa shape index (κ2) is 7.46. The maximum atomic E-state index is 12.5. The van der Waals surface area contributed by atoms with E-state index in [2.05, 4.69) is 11.6 Å². The molecule has 0 atom stereocenters. The molecular weight excluding hydrogens is 404 g/mol. The van der Waals surface area contributed by atoms with Crippen LogP contribution in [-0.4, -0.2) is 23.8 Å². The molecule has 0 bridgehead atoms. The molecule has 0 radical (unpaired) electrons. The number of benzene rings is 2. The van der Waals surface area contributed by atoms with Crippen LogP contribution in [0.15, 0.2) is 65.0 Å². The quantitative estimate of drug-likeness (QED) is 0.384. The lowest BCUT2D eigenvalue weighted by Crippen LogP contribution is -2.16. The molecule has 0 unspecified atom stereocenters. The van der Waals surface area contributed by atoms with Gasteiger partial charge in [-0.25, -0.2) is 13.6 Å². The van der Waals surface area contributed by atoms with E-state index in [1.54, 1.807) is 16.7 Å². The molecule has 3 rings (SSSR count). The molecule has 1 amide bonds. The summed E-state index contributed by atoms with van der Waals surface area (Å²) < 4.78 is 25.4. The lowest BCUT2D eigenvalue weighted by atomic mass is 10.2. The van der Waals surface area contributed by atoms with Crippen LogP contribution in [0.1, 0.15) is 10.4 Å². The maximum absolute atomic E-state index is 12.5. The number of nitro groups is 1. The van der Waals surface area contributed by atoms with Gasteiger partial charge in [0, 0.05) is 24.2 Å². The number of nitrogens with two attached hydrogens (primary N) is 1. The Hall–Kier alpha value is -3.15. The molecule has 9 nitrogen and oxygen atoms in total. The third-order valence-corrected chi connectivity index (χ3v) is 5.75. The normalized spacial score (nSPS) is 12.2. The van der Waals surface area contributed by atoms with Crippen molar-refractivity contribution in [3.8, 4) is 0 Å². The fraction of sp³-hybridized carbons (Fsp3) is 0.0588. The van der Waals surface area contributed by atoms with Gasteiger partial charge >= 0.3 is 0 Å². The van der Waals surface area contributed by atoms with Crippen molar-refractivity contribution in [2.24, 2.45) is 10.1 Å². The van der Waals surface area contributed by atoms with Crippen LogP contribution in [0, 0.1) is 10.1 Å². The standard InChI is InChI=1S/C17H14N4O5S2/c1-2-8-20-14-7-6-13(28(18,25)26)10-15(14)27-17(20)19-16(22)11-4-3-5-12(9-11)21(23)24/h2-7,9-10H,1,8H2,(H2,18,25,26). The second-order valence-electron chi connectivity index (χ2n) is 5.68. The van der Waals surface area contributed by atoms with Gasteiger partial charge in [0.2, 0.25) is 10.0 Å². The highest BCUT2D eigenvalue weighted by Gasteiger charge is 2.14. The van der Waals surface area contributed by atoms with Crippen molar-refractivity contribution in [3.05, 3.63) is 75.6 Å². The number of carbonyl (C=O) groups is 1. The number of sulfonamides is 1. The van der Waals surface area contributed by atoms with E-state index in [1.807, 2.05) is 0 Å². The average molecular weight is 418 g/mol. The van der Waals surface area contributed by atoms with Crippen molar-refractivity contribution < 1.29 is 18.1 Å². The predicted molar refractivity (Wildman–Crippen MR) is 104 cm³/mol. The summed E-state index contributed by atoms with van der Waals surface area (Å²) in [6.07, 6.45) is 1.61. The summed E-state index contributed by atoms with van der Waals surface area (Å²) in [5.74, 6) is -0.653. The van der Waals surface area contributed by atoms with E-state index in [9.17, 15) is 23.3 Å². The number of hydrogen-bond donors (Lipinski definition) is 1. The van der Waals surface area contributed by atoms with Gasteiger partial charge < -0.3 is 4.57 Å². The Morgan fingerprint density at radius 1 is 1.32 bits per heavy atom. The number of rotatable bonds is 5. The number of non-ortho nitro benzene ring substituents is 1. The Labute approximate surface area is 163 Å². The van der Waals surface area contributed by atoms with Gasteiger partial charge in [0.1, 0.15) is 0 Å². The number of nitro benzene ring substituents is 1. The Morgan fingerprint density at radius 3 is 2.71 bits per heavy atom. The summed E-state index contributed by atoms with van der Waals surface area (Å²) in [5, 5.41) is 16.1. The lowest BCUT2D eigenvalue weighted by molar-refractivity contribution is -0.384. The number of allylic oxidation sites excluding steroid dienone is 1. The van der Waals surface area contributed by atoms with Gasteiger partial charge in [-0.1, -0.05) is 23.5 Å². The summed E-state index contributed by atoms with van der Waals surface area (Å²) in [6, 6.07) is 9.62. The first kappa shape index (κ1) is 19.6. The molecule has 0 aliphatic carbocycles. The molecule has 0 aliphatic heterocycles. The molecule has 0 saturated carbocycles. The minimum absolute atomic E-state index is 0.0523. The smallest absolute Gasteiger partial charge is 0.279 e. The highest BCUT2D eigenvalue weighted by atomic mass is 32.2. The van der Waals surface area contributed by atoms with Gasteiger partial charge in [-0.05, 0) is 24.3 Å². The number of hydrogen-bond acceptors (Lipinski definition) is 6. The molecule has 1 aromatic heterocycles. The average Bonchev–Trinajstić information content (AvgIpc) is 2.98. The summed E-state index contributed by atoms with van der Waals surface area (Å²) in [4.78, 5) is 27.1. The van der Waals surface area contributed by atoms with E-state index in [1.165, 1.54) is 30.3 Å². The number of primary sulfonamides is 1. The third-order valence-electron chi connectivity index (χ3n) is 3.80. The first-order chi connectivity index (χ1) is 13.2. The highest BCUT2D eigenvalue weighted by molar-refractivity contribution is 7.89. The van der Waals surface area contributed by atoms with Crippen LogP contribution in [0.25, 0.3) is 10.2 Å². The summed E-state index contributed by atoms with van der Waals surface area (Å²) in [7, 11) is -3.87. The van der Waals surface area contributed by atoms with Gasteiger partial charge in [-0.15, -0.1) is 6.58 Å². The van der Waals surface area contributed by atoms with E-state index in [-0.39, 0.29) is 16.1 Å². The molecule has 11 heteroatoms. The van der Waals surface area contributed by atoms with Crippen LogP contribution in [-0.2, 0) is 16.6 Å². The van der Waals surface area contributed by atoms with Crippen molar-refractivity contribution in [2.45, 2.75) is 11.4 Å². The van der Waals surface area contributed by atoms with Crippen LogP contribution in [0.3, 0.4) is 0 Å². The van der Waals surface area contributed by atoms with Crippen molar-refractivity contribution in [1.29, 1.82) is 0 Å². The Kier molecular flexibility index (Phi) is 5.23. The Balaban J connectivity index is 2.16. The van der Waals surface area contributed by atoms with E-state index in [0.29, 0.717) is 21.6 Å². The van der Waals surface area contributed by atoms with Gasteiger partial charge in [0.15, 0.2) is 4.80 Å². The molecule has 2 aromatic carbocycles. The van der Waals surface area contributed by atoms with Crippen molar-refractivity contribution >= 4 is 43.2 Å². The first-order valence-electron chi connectivity index (χ1n) is 7.81. The van der Waals surface area contributed by atoms with E-state index in [4.69, 9.17) is 5.14 Å². The largest absolute Gasteiger partial charge is 0.312 e. The van der Waals surface area contributed by atoms with Crippen LogP contribution < -0.4 is 9.94 Å². The van der Waals surface area contributed by atoms with E-state index >= 15 is 0 Å². The number of fused-ring (bicyclic) bond motifs is 1. The van der Waals surface area contributed by atoms with Gasteiger partial charge in [0.25, 0.3) is 11.6 Å². The molecule has 2 N–H and O–H groups in total. The van der Waals surface area contributed by atoms with E-state index in [0.717, 1.165) is 17.4 Å². The molecule has 1 heterocycles. The second-order valence-corrected chi connectivity index (χ2v) is 8.25. The molecule has 144 valence electrons. The zero-order valence-corrected chi connectivity index (χ0v) is 15.9. The van der Waals surface area contributed by atoms with Gasteiger partial charge in [-0.3, -0.25) is 14.9 Å². The van der Waals surface area contributed by atoms with E-state index < -0.39 is 20.9 Å². The fourth-order valence-electron chi connectivity index (χ4n) is 2.53. The van der Waals surface area contributed by atoms with Crippen molar-refractivity contribution in [2.75, 3.05) is 0 Å². The maximum Gasteiger partial charge on any atom is 0.279 e. The fourth-order valence-corrected chi connectivity index (χ4v) is 4.22. The molecule has 0 spiro atoms. The predicted octanol–water partition coefficient (Wildman–Crippen LogP) is 2.19. The minimum Gasteiger partial charge on any atom is -0.312 e. The number of carbonyl (C=O) groups excluding carboxylic acids is 1. The molecular formula is C17H14N4O5S2. The molecule has 0 fully saturated rings. The number of nitrogens with zero attached hydrogens (tertiary/aromatic N) is 3. The topological polar surface area (TPSA) is 138 Å². The molecule has 3 aromatic rings. The van der Waals surface area contributed by atoms with Crippen LogP contribution in [0.5, 0.6) is 0 Å². The number of aromatic nitrogens is 1. The number of amides is 1. The highest BCUT2D eigenvalue weighted by Crippen LogP contribution is 2.21. The Morgan fingerprint density at radius 2 is 2.07 bits per heavy atom. The SMILES string of the molecule is C=CCn1c(=NC(=O)c2cccc([N+](=O)[O-])c2)sc2cc(S(N)(=O)=O)ccc21. The monoisotopic (exact) mass is 418 g/mol. The van der Waals surface area contributed by atoms with Crippen LogP contribution in [0.2, 0.25) is 0 Å². The third kappa shape index (κ3) is 3.91. The van der Waals surface area contributed by atoms with Crippen molar-refractivity contribution in [3.63, 3.8) is 0 Å².